The minimum Gasteiger partial charge on any atom is -0.307 e. The summed E-state index contributed by atoms with van der Waals surface area (Å²) in [5.41, 5.74) is 2.30. The summed E-state index contributed by atoms with van der Waals surface area (Å²) in [7, 11) is 0. The second-order valence-corrected chi connectivity index (χ2v) is 5.97. The Balaban J connectivity index is 2.01. The van der Waals surface area contributed by atoms with E-state index in [4.69, 9.17) is 0 Å². The Kier molecular flexibility index (Phi) is 6.82. The quantitative estimate of drug-likeness (QED) is 0.776. The van der Waals surface area contributed by atoms with Gasteiger partial charge in [-0.05, 0) is 18.1 Å². The SMILES string of the molecule is CC(CNCC(F)(F)F)N(Cc1ccccc1)Cc1ccccc1. The van der Waals surface area contributed by atoms with Crippen molar-refractivity contribution in [1.82, 2.24) is 10.2 Å². The fourth-order valence-corrected chi connectivity index (χ4v) is 2.56. The molecule has 0 aliphatic rings. The number of rotatable bonds is 8. The van der Waals surface area contributed by atoms with Crippen LogP contribution in [0.1, 0.15) is 18.1 Å². The highest BCUT2D eigenvalue weighted by Gasteiger charge is 2.27. The normalized spacial score (nSPS) is 13.2. The van der Waals surface area contributed by atoms with Crippen LogP contribution in [0.15, 0.2) is 60.7 Å². The molecule has 0 spiro atoms. The van der Waals surface area contributed by atoms with E-state index in [2.05, 4.69) is 10.2 Å². The van der Waals surface area contributed by atoms with Gasteiger partial charge in [-0.2, -0.15) is 13.2 Å². The first kappa shape index (κ1) is 18.5. The predicted octanol–water partition coefficient (Wildman–Crippen LogP) is 4.23. The van der Waals surface area contributed by atoms with Crippen molar-refractivity contribution in [2.75, 3.05) is 13.1 Å². The van der Waals surface area contributed by atoms with E-state index in [1.54, 1.807) is 0 Å². The molecule has 0 amide bonds. The minimum absolute atomic E-state index is 0.0206. The molecule has 0 heterocycles. The molecule has 0 aliphatic heterocycles. The summed E-state index contributed by atoms with van der Waals surface area (Å²) in [6.07, 6.45) is -4.18. The Hall–Kier alpha value is -1.85. The molecule has 2 nitrogen and oxygen atoms in total. The van der Waals surface area contributed by atoms with Crippen LogP contribution in [0.5, 0.6) is 0 Å². The molecule has 0 fully saturated rings. The maximum atomic E-state index is 12.3. The van der Waals surface area contributed by atoms with Crippen molar-refractivity contribution < 1.29 is 13.2 Å². The number of hydrogen-bond acceptors (Lipinski definition) is 2. The van der Waals surface area contributed by atoms with Crippen molar-refractivity contribution in [2.45, 2.75) is 32.2 Å². The molecule has 0 saturated carbocycles. The molecule has 0 aromatic heterocycles. The predicted molar refractivity (Wildman–Crippen MR) is 90.5 cm³/mol. The Morgan fingerprint density at radius 3 is 1.75 bits per heavy atom. The van der Waals surface area contributed by atoms with Crippen LogP contribution in [0.3, 0.4) is 0 Å². The van der Waals surface area contributed by atoms with Crippen molar-refractivity contribution in [1.29, 1.82) is 0 Å². The fourth-order valence-electron chi connectivity index (χ4n) is 2.56. The average molecular weight is 336 g/mol. The Labute approximate surface area is 141 Å². The minimum atomic E-state index is -4.18. The van der Waals surface area contributed by atoms with E-state index in [9.17, 15) is 13.2 Å². The molecule has 0 aliphatic carbocycles. The second-order valence-electron chi connectivity index (χ2n) is 5.97. The molecule has 2 rings (SSSR count). The standard InChI is InChI=1S/C19H23F3N2/c1-16(12-23-15-19(20,21)22)24(13-17-8-4-2-5-9-17)14-18-10-6-3-7-11-18/h2-11,16,23H,12-15H2,1H3. The molecule has 2 aromatic carbocycles. The molecule has 1 unspecified atom stereocenters. The molecule has 130 valence electrons. The summed E-state index contributed by atoms with van der Waals surface area (Å²) in [4.78, 5) is 2.19. The van der Waals surface area contributed by atoms with Gasteiger partial charge in [-0.1, -0.05) is 60.7 Å². The Morgan fingerprint density at radius 1 is 0.875 bits per heavy atom. The van der Waals surface area contributed by atoms with E-state index in [0.717, 1.165) is 11.1 Å². The number of hydrogen-bond donors (Lipinski definition) is 1. The third-order valence-corrected chi connectivity index (χ3v) is 3.85. The third-order valence-electron chi connectivity index (χ3n) is 3.85. The van der Waals surface area contributed by atoms with Crippen LogP contribution in [-0.4, -0.2) is 30.2 Å². The molecule has 5 heteroatoms. The number of nitrogens with zero attached hydrogens (tertiary/aromatic N) is 1. The largest absolute Gasteiger partial charge is 0.401 e. The monoisotopic (exact) mass is 336 g/mol. The third kappa shape index (κ3) is 6.72. The highest BCUT2D eigenvalue weighted by molar-refractivity contribution is 5.17. The molecule has 1 atom stereocenters. The zero-order chi connectivity index (χ0) is 17.4. The zero-order valence-corrected chi connectivity index (χ0v) is 13.8. The maximum absolute atomic E-state index is 12.3. The highest BCUT2D eigenvalue weighted by Crippen LogP contribution is 2.15. The number of halogens is 3. The van der Waals surface area contributed by atoms with Gasteiger partial charge in [-0.3, -0.25) is 4.90 Å². The first-order valence-electron chi connectivity index (χ1n) is 8.03. The first-order valence-corrected chi connectivity index (χ1v) is 8.03. The summed E-state index contributed by atoms with van der Waals surface area (Å²) in [6.45, 7) is 2.69. The van der Waals surface area contributed by atoms with Crippen molar-refractivity contribution in [3.8, 4) is 0 Å². The van der Waals surface area contributed by atoms with Crippen LogP contribution < -0.4 is 5.32 Å². The van der Waals surface area contributed by atoms with Crippen LogP contribution in [-0.2, 0) is 13.1 Å². The molecule has 0 bridgehead atoms. The molecule has 0 saturated heterocycles. The van der Waals surface area contributed by atoms with Crippen LogP contribution in [0.4, 0.5) is 13.2 Å². The second kappa shape index (κ2) is 8.85. The van der Waals surface area contributed by atoms with Crippen molar-refractivity contribution in [2.24, 2.45) is 0 Å². The molecule has 2 aromatic rings. The van der Waals surface area contributed by atoms with Gasteiger partial charge in [-0.25, -0.2) is 0 Å². The Bertz CT molecular complexity index is 543. The van der Waals surface area contributed by atoms with Gasteiger partial charge in [0.2, 0.25) is 0 Å². The van der Waals surface area contributed by atoms with E-state index in [-0.39, 0.29) is 6.04 Å². The van der Waals surface area contributed by atoms with Crippen LogP contribution in [0.2, 0.25) is 0 Å². The summed E-state index contributed by atoms with van der Waals surface area (Å²) in [6, 6.07) is 19.9. The lowest BCUT2D eigenvalue weighted by molar-refractivity contribution is -0.125. The van der Waals surface area contributed by atoms with Crippen LogP contribution >= 0.6 is 0 Å². The van der Waals surface area contributed by atoms with Gasteiger partial charge < -0.3 is 5.32 Å². The zero-order valence-electron chi connectivity index (χ0n) is 13.8. The van der Waals surface area contributed by atoms with E-state index >= 15 is 0 Å². The van der Waals surface area contributed by atoms with E-state index in [1.165, 1.54) is 0 Å². The van der Waals surface area contributed by atoms with Gasteiger partial charge in [0.25, 0.3) is 0 Å². The van der Waals surface area contributed by atoms with Gasteiger partial charge in [-0.15, -0.1) is 0 Å². The lowest BCUT2D eigenvalue weighted by Crippen LogP contribution is -2.42. The van der Waals surface area contributed by atoms with Crippen LogP contribution in [0, 0.1) is 0 Å². The summed E-state index contributed by atoms with van der Waals surface area (Å²) in [5.74, 6) is 0. The molecule has 0 radical (unpaired) electrons. The van der Waals surface area contributed by atoms with E-state index in [1.807, 2.05) is 67.6 Å². The molecular formula is C19H23F3N2. The van der Waals surface area contributed by atoms with Gasteiger partial charge in [0, 0.05) is 25.7 Å². The molecular weight excluding hydrogens is 313 g/mol. The highest BCUT2D eigenvalue weighted by atomic mass is 19.4. The average Bonchev–Trinajstić information content (AvgIpc) is 2.55. The first-order chi connectivity index (χ1) is 11.4. The van der Waals surface area contributed by atoms with Gasteiger partial charge in [0.05, 0.1) is 6.54 Å². The number of benzene rings is 2. The fraction of sp³-hybridized carbons (Fsp3) is 0.368. The summed E-state index contributed by atoms with van der Waals surface area (Å²) < 4.78 is 37.0. The molecule has 1 N–H and O–H groups in total. The molecule has 24 heavy (non-hydrogen) atoms. The lowest BCUT2D eigenvalue weighted by Gasteiger charge is -2.30. The maximum Gasteiger partial charge on any atom is 0.401 e. The number of nitrogens with one attached hydrogen (secondary N) is 1. The smallest absolute Gasteiger partial charge is 0.307 e. The van der Waals surface area contributed by atoms with Gasteiger partial charge in [0.15, 0.2) is 0 Å². The summed E-state index contributed by atoms with van der Waals surface area (Å²) in [5, 5.41) is 2.51. The van der Waals surface area contributed by atoms with E-state index < -0.39 is 12.7 Å². The van der Waals surface area contributed by atoms with Crippen molar-refractivity contribution in [3.05, 3.63) is 71.8 Å². The van der Waals surface area contributed by atoms with Gasteiger partial charge in [0.1, 0.15) is 0 Å². The number of alkyl halides is 3. The topological polar surface area (TPSA) is 15.3 Å². The summed E-state index contributed by atoms with van der Waals surface area (Å²) >= 11 is 0. The lowest BCUT2D eigenvalue weighted by atomic mass is 10.1. The van der Waals surface area contributed by atoms with Crippen LogP contribution in [0.25, 0.3) is 0 Å². The van der Waals surface area contributed by atoms with Crippen molar-refractivity contribution >= 4 is 0 Å². The van der Waals surface area contributed by atoms with Crippen molar-refractivity contribution in [3.63, 3.8) is 0 Å². The van der Waals surface area contributed by atoms with Gasteiger partial charge >= 0.3 is 6.18 Å². The van der Waals surface area contributed by atoms with E-state index in [0.29, 0.717) is 19.6 Å². The Morgan fingerprint density at radius 2 is 1.33 bits per heavy atom.